The van der Waals surface area contributed by atoms with Gasteiger partial charge >= 0.3 is 0 Å². The van der Waals surface area contributed by atoms with E-state index in [1.165, 1.54) is 5.56 Å². The summed E-state index contributed by atoms with van der Waals surface area (Å²) in [5, 5.41) is 21.6. The second-order valence-corrected chi connectivity index (χ2v) is 3.73. The van der Waals surface area contributed by atoms with E-state index in [4.69, 9.17) is 10.2 Å². The molecule has 2 atom stereocenters. The Morgan fingerprint density at radius 3 is 2.64 bits per heavy atom. The van der Waals surface area contributed by atoms with E-state index in [0.717, 1.165) is 13.0 Å². The summed E-state index contributed by atoms with van der Waals surface area (Å²) < 4.78 is 0. The lowest BCUT2D eigenvalue weighted by Gasteiger charge is -2.17. The van der Waals surface area contributed by atoms with Crippen LogP contribution in [0.25, 0.3) is 0 Å². The molecule has 2 rings (SSSR count). The predicted molar refractivity (Wildman–Crippen MR) is 54.3 cm³/mol. The van der Waals surface area contributed by atoms with Gasteiger partial charge in [0.25, 0.3) is 0 Å². The number of phenols is 1. The van der Waals surface area contributed by atoms with Gasteiger partial charge in [0.1, 0.15) is 5.75 Å². The molecular formula is C11H15NO2. The monoisotopic (exact) mass is 193 g/mol. The summed E-state index contributed by atoms with van der Waals surface area (Å²) in [4.78, 5) is 0. The summed E-state index contributed by atoms with van der Waals surface area (Å²) in [6.45, 7) is 1.13. The Labute approximate surface area is 83.4 Å². The fourth-order valence-corrected chi connectivity index (χ4v) is 2.08. The molecule has 0 aromatic heterocycles. The minimum Gasteiger partial charge on any atom is -0.508 e. The van der Waals surface area contributed by atoms with Crippen LogP contribution in [-0.4, -0.2) is 29.4 Å². The zero-order chi connectivity index (χ0) is 9.97. The molecule has 0 bridgehead atoms. The maximum absolute atomic E-state index is 9.16. The number of aliphatic hydroxyl groups excluding tert-OH is 1. The lowest BCUT2D eigenvalue weighted by atomic mass is 9.92. The van der Waals surface area contributed by atoms with Gasteiger partial charge < -0.3 is 15.5 Å². The van der Waals surface area contributed by atoms with Crippen LogP contribution in [0, 0.1) is 0 Å². The number of hydrogen-bond donors (Lipinski definition) is 3. The SMILES string of the molecule is OC[C@H]1NCC[C@H]1c1ccc(O)cc1. The Hall–Kier alpha value is -1.06. The molecular weight excluding hydrogens is 178 g/mol. The van der Waals surface area contributed by atoms with Crippen LogP contribution in [-0.2, 0) is 0 Å². The van der Waals surface area contributed by atoms with Crippen LogP contribution in [0.2, 0.25) is 0 Å². The van der Waals surface area contributed by atoms with E-state index in [1.54, 1.807) is 12.1 Å². The molecule has 0 spiro atoms. The molecule has 1 aliphatic rings. The highest BCUT2D eigenvalue weighted by Crippen LogP contribution is 2.28. The van der Waals surface area contributed by atoms with Gasteiger partial charge in [0, 0.05) is 12.0 Å². The van der Waals surface area contributed by atoms with E-state index in [-0.39, 0.29) is 12.6 Å². The predicted octanol–water partition coefficient (Wildman–Crippen LogP) is 0.830. The molecule has 3 heteroatoms. The van der Waals surface area contributed by atoms with E-state index >= 15 is 0 Å². The summed E-state index contributed by atoms with van der Waals surface area (Å²) in [7, 11) is 0. The van der Waals surface area contributed by atoms with Crippen molar-refractivity contribution in [1.82, 2.24) is 5.32 Å². The van der Waals surface area contributed by atoms with Crippen molar-refractivity contribution in [3.8, 4) is 5.75 Å². The molecule has 1 heterocycles. The largest absolute Gasteiger partial charge is 0.508 e. The third-order valence-electron chi connectivity index (χ3n) is 2.87. The standard InChI is InChI=1S/C11H15NO2/c13-7-11-10(5-6-12-11)8-1-3-9(14)4-2-8/h1-4,10-14H,5-7H2/t10-,11+/m0/s1. The van der Waals surface area contributed by atoms with Crippen molar-refractivity contribution in [1.29, 1.82) is 0 Å². The first-order valence-corrected chi connectivity index (χ1v) is 4.94. The van der Waals surface area contributed by atoms with Gasteiger partial charge in [-0.2, -0.15) is 0 Å². The van der Waals surface area contributed by atoms with Gasteiger partial charge in [-0.1, -0.05) is 12.1 Å². The highest BCUT2D eigenvalue weighted by atomic mass is 16.3. The van der Waals surface area contributed by atoms with Crippen LogP contribution in [0.5, 0.6) is 5.75 Å². The average molecular weight is 193 g/mol. The quantitative estimate of drug-likeness (QED) is 0.652. The number of aromatic hydroxyl groups is 1. The van der Waals surface area contributed by atoms with Gasteiger partial charge in [0.15, 0.2) is 0 Å². The second kappa shape index (κ2) is 3.98. The molecule has 0 unspecified atom stereocenters. The van der Waals surface area contributed by atoms with Crippen molar-refractivity contribution in [3.63, 3.8) is 0 Å². The van der Waals surface area contributed by atoms with Crippen molar-refractivity contribution in [2.75, 3.05) is 13.2 Å². The van der Waals surface area contributed by atoms with E-state index in [0.29, 0.717) is 11.7 Å². The molecule has 1 aromatic rings. The van der Waals surface area contributed by atoms with Crippen LogP contribution >= 0.6 is 0 Å². The number of benzene rings is 1. The molecule has 14 heavy (non-hydrogen) atoms. The number of rotatable bonds is 2. The third-order valence-corrected chi connectivity index (χ3v) is 2.87. The van der Waals surface area contributed by atoms with Gasteiger partial charge in [-0.25, -0.2) is 0 Å². The maximum atomic E-state index is 9.16. The zero-order valence-corrected chi connectivity index (χ0v) is 7.98. The summed E-state index contributed by atoms with van der Waals surface area (Å²) in [6.07, 6.45) is 1.05. The summed E-state index contributed by atoms with van der Waals surface area (Å²) in [6, 6.07) is 7.41. The smallest absolute Gasteiger partial charge is 0.115 e. The maximum Gasteiger partial charge on any atom is 0.115 e. The van der Waals surface area contributed by atoms with Crippen LogP contribution in [0.15, 0.2) is 24.3 Å². The molecule has 1 saturated heterocycles. The molecule has 0 radical (unpaired) electrons. The molecule has 1 aliphatic heterocycles. The molecule has 0 amide bonds. The fourth-order valence-electron chi connectivity index (χ4n) is 2.08. The Balaban J connectivity index is 2.17. The van der Waals surface area contributed by atoms with Crippen molar-refractivity contribution in [2.24, 2.45) is 0 Å². The first-order chi connectivity index (χ1) is 6.81. The lowest BCUT2D eigenvalue weighted by Crippen LogP contribution is -2.29. The second-order valence-electron chi connectivity index (χ2n) is 3.73. The molecule has 3 N–H and O–H groups in total. The fraction of sp³-hybridized carbons (Fsp3) is 0.455. The summed E-state index contributed by atoms with van der Waals surface area (Å²) in [5.74, 6) is 0.667. The van der Waals surface area contributed by atoms with Crippen molar-refractivity contribution in [2.45, 2.75) is 18.4 Å². The van der Waals surface area contributed by atoms with Crippen LogP contribution in [0.4, 0.5) is 0 Å². The van der Waals surface area contributed by atoms with Gasteiger partial charge in [-0.15, -0.1) is 0 Å². The van der Waals surface area contributed by atoms with Crippen LogP contribution < -0.4 is 5.32 Å². The topological polar surface area (TPSA) is 52.5 Å². The zero-order valence-electron chi connectivity index (χ0n) is 7.98. The van der Waals surface area contributed by atoms with Crippen LogP contribution in [0.3, 0.4) is 0 Å². The number of hydrogen-bond acceptors (Lipinski definition) is 3. The Morgan fingerprint density at radius 2 is 2.00 bits per heavy atom. The minimum absolute atomic E-state index is 0.166. The van der Waals surface area contributed by atoms with E-state index in [2.05, 4.69) is 5.32 Å². The number of nitrogens with one attached hydrogen (secondary N) is 1. The van der Waals surface area contributed by atoms with Gasteiger partial charge in [0.05, 0.1) is 6.61 Å². The van der Waals surface area contributed by atoms with Gasteiger partial charge in [-0.05, 0) is 30.7 Å². The average Bonchev–Trinajstić information content (AvgIpc) is 2.67. The van der Waals surface area contributed by atoms with Gasteiger partial charge in [0.2, 0.25) is 0 Å². The molecule has 0 saturated carbocycles. The van der Waals surface area contributed by atoms with E-state index in [9.17, 15) is 0 Å². The van der Waals surface area contributed by atoms with Crippen molar-refractivity contribution < 1.29 is 10.2 Å². The molecule has 76 valence electrons. The Bertz CT molecular complexity index is 297. The molecule has 3 nitrogen and oxygen atoms in total. The van der Waals surface area contributed by atoms with E-state index < -0.39 is 0 Å². The lowest BCUT2D eigenvalue weighted by molar-refractivity contribution is 0.245. The minimum atomic E-state index is 0.166. The van der Waals surface area contributed by atoms with Gasteiger partial charge in [-0.3, -0.25) is 0 Å². The first kappa shape index (κ1) is 9.49. The Morgan fingerprint density at radius 1 is 1.29 bits per heavy atom. The highest BCUT2D eigenvalue weighted by Gasteiger charge is 2.27. The third kappa shape index (κ3) is 1.74. The number of phenolic OH excluding ortho intramolecular Hbond substituents is 1. The van der Waals surface area contributed by atoms with E-state index in [1.807, 2.05) is 12.1 Å². The molecule has 1 fully saturated rings. The first-order valence-electron chi connectivity index (χ1n) is 4.94. The molecule has 0 aliphatic carbocycles. The Kier molecular flexibility index (Phi) is 2.70. The normalized spacial score (nSPS) is 26.6. The number of aliphatic hydroxyl groups is 1. The van der Waals surface area contributed by atoms with Crippen LogP contribution in [0.1, 0.15) is 17.9 Å². The van der Waals surface area contributed by atoms with Crippen molar-refractivity contribution in [3.05, 3.63) is 29.8 Å². The highest BCUT2D eigenvalue weighted by molar-refractivity contribution is 5.30. The van der Waals surface area contributed by atoms with Crippen molar-refractivity contribution >= 4 is 0 Å². The molecule has 1 aromatic carbocycles. The summed E-state index contributed by atoms with van der Waals surface area (Å²) in [5.41, 5.74) is 1.19. The summed E-state index contributed by atoms with van der Waals surface area (Å²) >= 11 is 0.